The highest BCUT2D eigenvalue weighted by atomic mass is 32.2. The molecule has 0 fully saturated rings. The topological polar surface area (TPSA) is 63.6 Å². The molecule has 0 aliphatic heterocycles. The van der Waals surface area contributed by atoms with Gasteiger partial charge in [-0.2, -0.15) is 0 Å². The van der Waals surface area contributed by atoms with Crippen molar-refractivity contribution in [1.29, 1.82) is 0 Å². The third kappa shape index (κ3) is 3.52. The molecule has 2 rings (SSSR count). The van der Waals surface area contributed by atoms with Gasteiger partial charge < -0.3 is 0 Å². The van der Waals surface area contributed by atoms with Crippen molar-refractivity contribution in [3.05, 3.63) is 26.6 Å². The molecular formula is C13H20N4OS2. The average molecular weight is 312 g/mol. The number of thiazole rings is 1. The second kappa shape index (κ2) is 6.13. The van der Waals surface area contributed by atoms with Gasteiger partial charge >= 0.3 is 5.69 Å². The van der Waals surface area contributed by atoms with Crippen molar-refractivity contribution in [2.24, 2.45) is 0 Å². The summed E-state index contributed by atoms with van der Waals surface area (Å²) < 4.78 is 1.68. The van der Waals surface area contributed by atoms with Crippen molar-refractivity contribution >= 4 is 23.1 Å². The molecule has 2 aromatic rings. The molecule has 0 unspecified atom stereocenters. The van der Waals surface area contributed by atoms with Gasteiger partial charge in [0.2, 0.25) is 0 Å². The van der Waals surface area contributed by atoms with Crippen LogP contribution >= 0.6 is 23.1 Å². The molecule has 110 valence electrons. The quantitative estimate of drug-likeness (QED) is 0.862. The Hall–Kier alpha value is -1.08. The van der Waals surface area contributed by atoms with Gasteiger partial charge in [0.15, 0.2) is 5.16 Å². The van der Waals surface area contributed by atoms with E-state index in [0.29, 0.717) is 6.54 Å². The summed E-state index contributed by atoms with van der Waals surface area (Å²) in [6.45, 7) is 9.23. The number of aromatic nitrogens is 4. The van der Waals surface area contributed by atoms with E-state index in [0.717, 1.165) is 28.0 Å². The van der Waals surface area contributed by atoms with E-state index in [1.807, 2.05) is 6.92 Å². The summed E-state index contributed by atoms with van der Waals surface area (Å²) in [7, 11) is 0. The first-order valence-electron chi connectivity index (χ1n) is 6.64. The number of nitrogens with zero attached hydrogens (tertiary/aromatic N) is 3. The van der Waals surface area contributed by atoms with Gasteiger partial charge in [0.25, 0.3) is 0 Å². The second-order valence-corrected chi connectivity index (χ2v) is 7.45. The zero-order chi connectivity index (χ0) is 14.8. The van der Waals surface area contributed by atoms with Gasteiger partial charge in [0.1, 0.15) is 0 Å². The fourth-order valence-corrected chi connectivity index (χ4v) is 3.57. The first kappa shape index (κ1) is 15.3. The summed E-state index contributed by atoms with van der Waals surface area (Å²) in [6, 6.07) is 0. The lowest BCUT2D eigenvalue weighted by Crippen LogP contribution is -2.17. The fraction of sp³-hybridized carbons (Fsp3) is 0.615. The van der Waals surface area contributed by atoms with Crippen LogP contribution in [0.5, 0.6) is 0 Å². The molecule has 0 spiro atoms. The van der Waals surface area contributed by atoms with Crippen LogP contribution in [0.2, 0.25) is 0 Å². The SMILES string of the molecule is CCCn1c(SCc2csc(C(C)(C)C)n2)n[nH]c1=O. The van der Waals surface area contributed by atoms with Gasteiger partial charge in [-0.1, -0.05) is 39.5 Å². The predicted octanol–water partition coefficient (Wildman–Crippen LogP) is 3.03. The van der Waals surface area contributed by atoms with Gasteiger partial charge in [0.05, 0.1) is 10.7 Å². The molecule has 0 saturated carbocycles. The maximum Gasteiger partial charge on any atom is 0.343 e. The molecule has 20 heavy (non-hydrogen) atoms. The van der Waals surface area contributed by atoms with E-state index in [-0.39, 0.29) is 11.1 Å². The molecule has 1 N–H and O–H groups in total. The minimum atomic E-state index is -0.136. The van der Waals surface area contributed by atoms with Gasteiger partial charge in [-0.3, -0.25) is 4.57 Å². The Bertz CT molecular complexity index is 621. The largest absolute Gasteiger partial charge is 0.343 e. The third-order valence-electron chi connectivity index (χ3n) is 2.71. The van der Waals surface area contributed by atoms with E-state index >= 15 is 0 Å². The maximum atomic E-state index is 11.6. The van der Waals surface area contributed by atoms with E-state index in [1.165, 1.54) is 0 Å². The molecule has 0 amide bonds. The first-order valence-corrected chi connectivity index (χ1v) is 8.51. The highest BCUT2D eigenvalue weighted by Crippen LogP contribution is 2.28. The van der Waals surface area contributed by atoms with Gasteiger partial charge in [-0.15, -0.1) is 16.4 Å². The van der Waals surface area contributed by atoms with Crippen molar-refractivity contribution in [3.63, 3.8) is 0 Å². The molecule has 7 heteroatoms. The van der Waals surface area contributed by atoms with E-state index in [9.17, 15) is 4.79 Å². The maximum absolute atomic E-state index is 11.6. The summed E-state index contributed by atoms with van der Waals surface area (Å²) in [6.07, 6.45) is 0.915. The lowest BCUT2D eigenvalue weighted by Gasteiger charge is -2.13. The van der Waals surface area contributed by atoms with Gasteiger partial charge in [-0.05, 0) is 6.42 Å². The predicted molar refractivity (Wildman–Crippen MR) is 83.5 cm³/mol. The molecule has 0 aliphatic carbocycles. The number of hydrogen-bond acceptors (Lipinski definition) is 5. The highest BCUT2D eigenvalue weighted by molar-refractivity contribution is 7.98. The molecule has 2 aromatic heterocycles. The summed E-state index contributed by atoms with van der Waals surface area (Å²) in [5.74, 6) is 0.737. The third-order valence-corrected chi connectivity index (χ3v) is 5.04. The number of H-pyrrole nitrogens is 1. The molecule has 0 aliphatic rings. The summed E-state index contributed by atoms with van der Waals surface area (Å²) in [5.41, 5.74) is 0.996. The smallest absolute Gasteiger partial charge is 0.270 e. The highest BCUT2D eigenvalue weighted by Gasteiger charge is 2.18. The standard InChI is InChI=1S/C13H20N4OS2/c1-5-6-17-11(18)15-16-12(17)20-8-9-7-19-10(14-9)13(2,3)4/h7H,5-6,8H2,1-4H3,(H,15,18). The normalized spacial score (nSPS) is 12.0. The minimum Gasteiger partial charge on any atom is -0.270 e. The molecule has 0 aromatic carbocycles. The lowest BCUT2D eigenvalue weighted by atomic mass is 9.98. The zero-order valence-corrected chi connectivity index (χ0v) is 13.9. The molecular weight excluding hydrogens is 292 g/mol. The van der Waals surface area contributed by atoms with Crippen LogP contribution in [0.3, 0.4) is 0 Å². The summed E-state index contributed by atoms with van der Waals surface area (Å²) >= 11 is 3.24. The van der Waals surface area contributed by atoms with E-state index < -0.39 is 0 Å². The van der Waals surface area contributed by atoms with E-state index in [4.69, 9.17) is 0 Å². The number of aromatic amines is 1. The summed E-state index contributed by atoms with van der Waals surface area (Å²) in [5, 5.41) is 10.5. The molecule has 0 atom stereocenters. The van der Waals surface area contributed by atoms with Crippen molar-refractivity contribution < 1.29 is 0 Å². The minimum absolute atomic E-state index is 0.0875. The Morgan fingerprint density at radius 3 is 2.80 bits per heavy atom. The van der Waals surface area contributed by atoms with Gasteiger partial charge in [-0.25, -0.2) is 14.9 Å². The number of hydrogen-bond donors (Lipinski definition) is 1. The molecule has 2 heterocycles. The number of nitrogens with one attached hydrogen (secondary N) is 1. The van der Waals surface area contributed by atoms with Crippen LogP contribution in [-0.4, -0.2) is 19.7 Å². The van der Waals surface area contributed by atoms with Crippen LogP contribution < -0.4 is 5.69 Å². The molecule has 5 nitrogen and oxygen atoms in total. The van der Waals surface area contributed by atoms with Crippen molar-refractivity contribution in [1.82, 2.24) is 19.7 Å². The van der Waals surface area contributed by atoms with Crippen LogP contribution in [0.25, 0.3) is 0 Å². The Kier molecular flexibility index (Phi) is 4.70. The molecule has 0 saturated heterocycles. The van der Waals surface area contributed by atoms with Crippen LogP contribution in [0.1, 0.15) is 44.8 Å². The van der Waals surface area contributed by atoms with Gasteiger partial charge in [0, 0.05) is 23.1 Å². The number of rotatable bonds is 5. The Labute approximate surface area is 126 Å². The van der Waals surface area contributed by atoms with Crippen LogP contribution in [-0.2, 0) is 17.7 Å². The number of thioether (sulfide) groups is 1. The van der Waals surface area contributed by atoms with Crippen LogP contribution in [0, 0.1) is 0 Å². The van der Waals surface area contributed by atoms with E-state index in [1.54, 1.807) is 27.7 Å². The zero-order valence-electron chi connectivity index (χ0n) is 12.3. The first-order chi connectivity index (χ1) is 9.41. The molecule has 0 radical (unpaired) electrons. The summed E-state index contributed by atoms with van der Waals surface area (Å²) in [4.78, 5) is 16.2. The Morgan fingerprint density at radius 2 is 2.20 bits per heavy atom. The Morgan fingerprint density at radius 1 is 1.45 bits per heavy atom. The monoisotopic (exact) mass is 312 g/mol. The van der Waals surface area contributed by atoms with Crippen LogP contribution in [0.15, 0.2) is 15.3 Å². The van der Waals surface area contributed by atoms with Crippen molar-refractivity contribution in [3.8, 4) is 0 Å². The fourth-order valence-electron chi connectivity index (χ4n) is 1.69. The Balaban J connectivity index is 2.06. The van der Waals surface area contributed by atoms with Crippen molar-refractivity contribution in [2.45, 2.75) is 57.0 Å². The van der Waals surface area contributed by atoms with E-state index in [2.05, 4.69) is 41.3 Å². The van der Waals surface area contributed by atoms with Crippen LogP contribution in [0.4, 0.5) is 0 Å². The van der Waals surface area contributed by atoms with Crippen molar-refractivity contribution in [2.75, 3.05) is 0 Å². The second-order valence-electron chi connectivity index (χ2n) is 5.65. The molecule has 0 bridgehead atoms. The lowest BCUT2D eigenvalue weighted by molar-refractivity contribution is 0.584. The average Bonchev–Trinajstić information content (AvgIpc) is 2.96.